The van der Waals surface area contributed by atoms with Crippen LogP contribution < -0.4 is 0 Å². The van der Waals surface area contributed by atoms with E-state index in [-0.39, 0.29) is 17.7 Å². The fourth-order valence-electron chi connectivity index (χ4n) is 5.07. The molecule has 1 aromatic heterocycles. The van der Waals surface area contributed by atoms with Gasteiger partial charge < -0.3 is 9.72 Å². The predicted molar refractivity (Wildman–Crippen MR) is 122 cm³/mol. The highest BCUT2D eigenvalue weighted by Gasteiger charge is 2.36. The first-order valence-corrected chi connectivity index (χ1v) is 11.0. The lowest BCUT2D eigenvalue weighted by Crippen LogP contribution is -2.41. The molecule has 4 rings (SSSR count). The van der Waals surface area contributed by atoms with Gasteiger partial charge in [0.25, 0.3) is 0 Å². The third-order valence-corrected chi connectivity index (χ3v) is 6.92. The van der Waals surface area contributed by atoms with Gasteiger partial charge in [-0.15, -0.1) is 0 Å². The molecule has 1 aliphatic rings. The molecule has 0 radical (unpaired) electrons. The van der Waals surface area contributed by atoms with E-state index in [9.17, 15) is 0 Å². The van der Waals surface area contributed by atoms with E-state index in [1.165, 1.54) is 22.2 Å². The minimum absolute atomic E-state index is 0.000786. The van der Waals surface area contributed by atoms with Gasteiger partial charge in [-0.3, -0.25) is 4.90 Å². The maximum atomic E-state index is 6.45. The van der Waals surface area contributed by atoms with Gasteiger partial charge in [-0.2, -0.15) is 0 Å². The Kier molecular flexibility index (Phi) is 5.74. The number of nitrogens with zero attached hydrogens (tertiary/aromatic N) is 1. The van der Waals surface area contributed by atoms with Crippen LogP contribution in [0.2, 0.25) is 5.02 Å². The lowest BCUT2D eigenvalue weighted by molar-refractivity contribution is -0.0312. The van der Waals surface area contributed by atoms with E-state index >= 15 is 0 Å². The molecule has 154 valence electrons. The Morgan fingerprint density at radius 1 is 1.17 bits per heavy atom. The van der Waals surface area contributed by atoms with Crippen LogP contribution in [0.1, 0.15) is 56.0 Å². The Balaban J connectivity index is 1.67. The van der Waals surface area contributed by atoms with Crippen LogP contribution in [0.4, 0.5) is 0 Å². The third kappa shape index (κ3) is 3.72. The van der Waals surface area contributed by atoms with Crippen LogP contribution in [-0.4, -0.2) is 30.1 Å². The van der Waals surface area contributed by atoms with E-state index in [0.29, 0.717) is 0 Å². The Hall–Kier alpha value is -1.81. The van der Waals surface area contributed by atoms with Crippen molar-refractivity contribution in [2.24, 2.45) is 0 Å². The lowest BCUT2D eigenvalue weighted by atomic mass is 9.80. The number of nitrogens with one attached hydrogen (secondary N) is 1. The van der Waals surface area contributed by atoms with E-state index in [1.807, 2.05) is 6.07 Å². The quantitative estimate of drug-likeness (QED) is 0.504. The Bertz CT molecular complexity index is 981. The second-order valence-electron chi connectivity index (χ2n) is 8.53. The lowest BCUT2D eigenvalue weighted by Gasteiger charge is -2.41. The Morgan fingerprint density at radius 3 is 2.62 bits per heavy atom. The van der Waals surface area contributed by atoms with Gasteiger partial charge in [0.2, 0.25) is 0 Å². The van der Waals surface area contributed by atoms with Crippen LogP contribution in [0.3, 0.4) is 0 Å². The predicted octanol–water partition coefficient (Wildman–Crippen LogP) is 6.47. The molecule has 0 bridgehead atoms. The van der Waals surface area contributed by atoms with Crippen LogP contribution >= 0.6 is 11.6 Å². The van der Waals surface area contributed by atoms with Crippen molar-refractivity contribution in [3.8, 4) is 0 Å². The number of halogens is 1. The molecule has 4 heteroatoms. The molecule has 0 saturated carbocycles. The minimum atomic E-state index is 0.000786. The van der Waals surface area contributed by atoms with Crippen LogP contribution in [-0.2, 0) is 16.7 Å². The van der Waals surface area contributed by atoms with Crippen molar-refractivity contribution in [2.45, 2.75) is 57.3 Å². The molecule has 3 aromatic rings. The van der Waals surface area contributed by atoms with Gasteiger partial charge in [0.15, 0.2) is 0 Å². The van der Waals surface area contributed by atoms with Crippen molar-refractivity contribution in [2.75, 3.05) is 14.1 Å². The van der Waals surface area contributed by atoms with Crippen molar-refractivity contribution < 1.29 is 4.74 Å². The smallest absolute Gasteiger partial charge is 0.0980 e. The molecule has 0 fully saturated rings. The second-order valence-corrected chi connectivity index (χ2v) is 8.97. The molecule has 2 heterocycles. The number of hydrogen-bond acceptors (Lipinski definition) is 2. The van der Waals surface area contributed by atoms with Gasteiger partial charge in [-0.05, 0) is 69.6 Å². The molecule has 1 aliphatic heterocycles. The number of aromatic amines is 1. The average Bonchev–Trinajstić information content (AvgIpc) is 3.07. The first-order valence-electron chi connectivity index (χ1n) is 10.6. The van der Waals surface area contributed by atoms with Crippen LogP contribution in [0.15, 0.2) is 48.5 Å². The fourth-order valence-corrected chi connectivity index (χ4v) is 5.25. The summed E-state index contributed by atoms with van der Waals surface area (Å²) in [6.45, 7) is 4.46. The largest absolute Gasteiger partial charge is 0.369 e. The minimum Gasteiger partial charge on any atom is -0.369 e. The third-order valence-electron chi connectivity index (χ3n) is 6.68. The average molecular weight is 411 g/mol. The summed E-state index contributed by atoms with van der Waals surface area (Å²) in [4.78, 5) is 6.02. The summed E-state index contributed by atoms with van der Waals surface area (Å²) in [6, 6.07) is 17.0. The summed E-state index contributed by atoms with van der Waals surface area (Å²) < 4.78 is 6.45. The number of fused-ring (bicyclic) bond motifs is 3. The van der Waals surface area contributed by atoms with Crippen molar-refractivity contribution in [1.29, 1.82) is 0 Å². The van der Waals surface area contributed by atoms with Crippen LogP contribution in [0, 0.1) is 0 Å². The fraction of sp³-hybridized carbons (Fsp3) is 0.440. The van der Waals surface area contributed by atoms with Gasteiger partial charge in [-0.25, -0.2) is 0 Å². The molecule has 0 spiro atoms. The Labute approximate surface area is 179 Å². The monoisotopic (exact) mass is 410 g/mol. The van der Waals surface area contributed by atoms with Crippen LogP contribution in [0.5, 0.6) is 0 Å². The summed E-state index contributed by atoms with van der Waals surface area (Å²) in [5.41, 5.74) is 5.13. The maximum Gasteiger partial charge on any atom is 0.0980 e. The highest BCUT2D eigenvalue weighted by molar-refractivity contribution is 6.31. The molecule has 0 saturated heterocycles. The summed E-state index contributed by atoms with van der Waals surface area (Å²) in [5, 5.41) is 2.03. The molecule has 0 aliphatic carbocycles. The van der Waals surface area contributed by atoms with Gasteiger partial charge in [-0.1, -0.05) is 48.9 Å². The number of ether oxygens (including phenoxy) is 1. The molecule has 3 unspecified atom stereocenters. The summed E-state index contributed by atoms with van der Waals surface area (Å²) >= 11 is 6.28. The van der Waals surface area contributed by atoms with Crippen molar-refractivity contribution in [3.05, 3.63) is 70.4 Å². The molecule has 3 atom stereocenters. The Morgan fingerprint density at radius 2 is 1.93 bits per heavy atom. The summed E-state index contributed by atoms with van der Waals surface area (Å²) in [7, 11) is 4.38. The number of H-pyrrole nitrogens is 1. The molecule has 3 nitrogen and oxygen atoms in total. The zero-order valence-corrected chi connectivity index (χ0v) is 18.6. The van der Waals surface area contributed by atoms with Gasteiger partial charge in [0.05, 0.1) is 12.2 Å². The molecule has 2 aromatic carbocycles. The number of hydrogen-bond donors (Lipinski definition) is 1. The van der Waals surface area contributed by atoms with E-state index in [0.717, 1.165) is 36.2 Å². The topological polar surface area (TPSA) is 28.3 Å². The van der Waals surface area contributed by atoms with Crippen molar-refractivity contribution in [1.82, 2.24) is 9.88 Å². The number of benzene rings is 2. The first kappa shape index (κ1) is 20.5. The first-order chi connectivity index (χ1) is 13.9. The highest BCUT2D eigenvalue weighted by Crippen LogP contribution is 2.42. The maximum absolute atomic E-state index is 6.45. The van der Waals surface area contributed by atoms with Gasteiger partial charge in [0.1, 0.15) is 0 Å². The number of aromatic nitrogens is 1. The van der Waals surface area contributed by atoms with Crippen molar-refractivity contribution in [3.63, 3.8) is 0 Å². The summed E-state index contributed by atoms with van der Waals surface area (Å²) in [5.74, 6) is 0. The molecular formula is C25H31ClN2O. The normalized spacial score (nSPS) is 21.3. The van der Waals surface area contributed by atoms with E-state index in [1.54, 1.807) is 0 Å². The van der Waals surface area contributed by atoms with Crippen LogP contribution in [0.25, 0.3) is 10.9 Å². The van der Waals surface area contributed by atoms with E-state index in [4.69, 9.17) is 16.3 Å². The molecular weight excluding hydrogens is 380 g/mol. The summed E-state index contributed by atoms with van der Waals surface area (Å²) in [6.07, 6.45) is 4.28. The van der Waals surface area contributed by atoms with E-state index < -0.39 is 0 Å². The molecule has 29 heavy (non-hydrogen) atoms. The van der Waals surface area contributed by atoms with E-state index in [2.05, 4.69) is 80.3 Å². The SMILES string of the molecule is CCC(CCC1OC(C)Cc2c1[nH]c1ccc(Cl)cc21)(c1ccccc1)N(C)C. The second kappa shape index (κ2) is 8.14. The van der Waals surface area contributed by atoms with Gasteiger partial charge in [0, 0.05) is 33.6 Å². The zero-order chi connectivity index (χ0) is 20.6. The number of rotatable bonds is 6. The standard InChI is InChI=1S/C25H31ClN2O/c1-5-25(28(3)4,18-9-7-6-8-10-18)14-13-23-24-21(15-17(2)29-23)20-16-19(26)11-12-22(20)27-24/h6-12,16-17,23,27H,5,13-15H2,1-4H3. The molecule has 1 N–H and O–H groups in total. The van der Waals surface area contributed by atoms with Crippen molar-refractivity contribution >= 4 is 22.5 Å². The zero-order valence-electron chi connectivity index (χ0n) is 17.8. The molecule has 0 amide bonds. The van der Waals surface area contributed by atoms with Gasteiger partial charge >= 0.3 is 0 Å². The highest BCUT2D eigenvalue weighted by atomic mass is 35.5.